The number of hydrogen-bond donors (Lipinski definition) is 3. The van der Waals surface area contributed by atoms with Crippen molar-refractivity contribution in [2.24, 2.45) is 0 Å². The Morgan fingerprint density at radius 3 is 2.43 bits per heavy atom. The lowest BCUT2D eigenvalue weighted by atomic mass is 9.91. The van der Waals surface area contributed by atoms with Crippen molar-refractivity contribution in [1.29, 1.82) is 0 Å². The first-order valence-corrected chi connectivity index (χ1v) is 15.5. The van der Waals surface area contributed by atoms with Crippen LogP contribution < -0.4 is 15.5 Å². The minimum absolute atomic E-state index is 0.165. The van der Waals surface area contributed by atoms with Crippen LogP contribution in [0, 0.1) is 13.8 Å². The first-order chi connectivity index (χ1) is 21.3. The van der Waals surface area contributed by atoms with E-state index in [1.54, 1.807) is 0 Å². The van der Waals surface area contributed by atoms with Gasteiger partial charge in [0.2, 0.25) is 0 Å². The molecule has 224 valence electrons. The molecule has 0 radical (unpaired) electrons. The third kappa shape index (κ3) is 5.65. The number of pyridine rings is 2. The van der Waals surface area contributed by atoms with Gasteiger partial charge in [0.1, 0.15) is 5.82 Å². The number of fused-ring (bicyclic) bond motifs is 2. The fraction of sp³-hybridized carbons (Fsp3) is 0.306. The molecule has 3 N–H and O–H groups in total. The van der Waals surface area contributed by atoms with Crippen molar-refractivity contribution in [3.05, 3.63) is 95.7 Å². The monoisotopic (exact) mass is 585 g/mol. The molecule has 4 unspecified atom stereocenters. The Bertz CT molecular complexity index is 1830. The average molecular weight is 586 g/mol. The van der Waals surface area contributed by atoms with Gasteiger partial charge in [0.05, 0.1) is 29.5 Å². The van der Waals surface area contributed by atoms with Crippen LogP contribution in [0.15, 0.2) is 72.9 Å². The number of morpholine rings is 1. The van der Waals surface area contributed by atoms with Crippen molar-refractivity contribution < 1.29 is 4.74 Å². The number of imidazole rings is 1. The summed E-state index contributed by atoms with van der Waals surface area (Å²) in [4.78, 5) is 20.1. The van der Waals surface area contributed by atoms with E-state index in [2.05, 4.69) is 113 Å². The number of hydrogen-bond acceptors (Lipinski definition) is 7. The minimum Gasteiger partial charge on any atom is -0.378 e. The van der Waals surface area contributed by atoms with E-state index in [9.17, 15) is 0 Å². The Kier molecular flexibility index (Phi) is 7.30. The van der Waals surface area contributed by atoms with E-state index in [0.717, 1.165) is 75.2 Å². The van der Waals surface area contributed by atoms with Gasteiger partial charge in [-0.15, -0.1) is 0 Å². The number of aromatic nitrogens is 4. The SMILES string of the molecule is Cc1cc(NC2C=Cc3nc(-c4ccc(Nc5cc(C)nc6ccc(N7CC(C)OC(C)C7)cc56)cc4)[nH]c3C2C)ccn1. The topological polar surface area (TPSA) is 91.0 Å². The average Bonchev–Trinajstić information content (AvgIpc) is 3.44. The molecule has 0 bridgehead atoms. The third-order valence-electron chi connectivity index (χ3n) is 8.59. The summed E-state index contributed by atoms with van der Waals surface area (Å²) in [7, 11) is 0. The molecule has 0 spiro atoms. The van der Waals surface area contributed by atoms with E-state index in [-0.39, 0.29) is 24.2 Å². The second kappa shape index (κ2) is 11.4. The van der Waals surface area contributed by atoms with Gasteiger partial charge in [-0.1, -0.05) is 13.0 Å². The number of aromatic amines is 1. The van der Waals surface area contributed by atoms with Crippen molar-refractivity contribution in [2.45, 2.75) is 58.8 Å². The summed E-state index contributed by atoms with van der Waals surface area (Å²) in [6.45, 7) is 12.3. The molecule has 0 amide bonds. The number of ether oxygens (including phenoxy) is 1. The van der Waals surface area contributed by atoms with Crippen LogP contribution in [0.4, 0.5) is 22.7 Å². The van der Waals surface area contributed by atoms with Gasteiger partial charge in [0, 0.05) is 76.0 Å². The van der Waals surface area contributed by atoms with E-state index in [0.29, 0.717) is 0 Å². The second-order valence-electron chi connectivity index (χ2n) is 12.3. The lowest BCUT2D eigenvalue weighted by Crippen LogP contribution is -2.45. The van der Waals surface area contributed by atoms with Gasteiger partial charge in [-0.25, -0.2) is 4.98 Å². The first kappa shape index (κ1) is 28.1. The highest BCUT2D eigenvalue weighted by atomic mass is 16.5. The number of H-pyrrole nitrogens is 1. The molecule has 4 heterocycles. The van der Waals surface area contributed by atoms with Gasteiger partial charge in [-0.2, -0.15) is 0 Å². The summed E-state index contributed by atoms with van der Waals surface area (Å²) in [5, 5.41) is 8.41. The first-order valence-electron chi connectivity index (χ1n) is 15.5. The Balaban J connectivity index is 1.10. The lowest BCUT2D eigenvalue weighted by Gasteiger charge is -2.37. The Morgan fingerprint density at radius 1 is 0.864 bits per heavy atom. The maximum Gasteiger partial charge on any atom is 0.138 e. The van der Waals surface area contributed by atoms with Crippen molar-refractivity contribution >= 4 is 39.7 Å². The maximum atomic E-state index is 5.96. The van der Waals surface area contributed by atoms with Crippen LogP contribution >= 0.6 is 0 Å². The number of rotatable bonds is 6. The highest BCUT2D eigenvalue weighted by Crippen LogP contribution is 2.34. The summed E-state index contributed by atoms with van der Waals surface area (Å²) in [6, 6.07) is 21.4. The van der Waals surface area contributed by atoms with Gasteiger partial charge >= 0.3 is 0 Å². The largest absolute Gasteiger partial charge is 0.378 e. The molecule has 8 heteroatoms. The van der Waals surface area contributed by atoms with Crippen LogP contribution in [-0.2, 0) is 4.74 Å². The number of aryl methyl sites for hydroxylation is 2. The third-order valence-corrected chi connectivity index (χ3v) is 8.59. The van der Waals surface area contributed by atoms with Crippen LogP contribution in [0.2, 0.25) is 0 Å². The predicted molar refractivity (Wildman–Crippen MR) is 180 cm³/mol. The molecule has 1 aliphatic heterocycles. The highest BCUT2D eigenvalue weighted by molar-refractivity contribution is 5.95. The van der Waals surface area contributed by atoms with Crippen LogP contribution in [0.25, 0.3) is 28.4 Å². The number of nitrogens with one attached hydrogen (secondary N) is 3. The smallest absolute Gasteiger partial charge is 0.138 e. The molecule has 2 aromatic carbocycles. The predicted octanol–water partition coefficient (Wildman–Crippen LogP) is 7.60. The molecule has 1 saturated heterocycles. The number of benzene rings is 2. The van der Waals surface area contributed by atoms with E-state index in [4.69, 9.17) is 14.7 Å². The van der Waals surface area contributed by atoms with Crippen molar-refractivity contribution in [1.82, 2.24) is 19.9 Å². The molecule has 44 heavy (non-hydrogen) atoms. The zero-order valence-corrected chi connectivity index (χ0v) is 25.9. The standard InChI is InChI=1S/C36H39N7O/c1-21-16-28(14-15-37-21)40-31-12-13-33-35(25(31)5)42-36(41-33)26-6-8-27(9-7-26)39-34-17-22(2)38-32-11-10-29(18-30(32)34)43-19-23(3)44-24(4)20-43/h6-18,23-25,31H,19-20H2,1-5H3,(H,37,40)(H,38,39)(H,41,42). The Morgan fingerprint density at radius 2 is 1.66 bits per heavy atom. The Hall–Kier alpha value is -4.69. The lowest BCUT2D eigenvalue weighted by molar-refractivity contribution is -0.00521. The molecule has 0 saturated carbocycles. The summed E-state index contributed by atoms with van der Waals surface area (Å²) >= 11 is 0. The van der Waals surface area contributed by atoms with E-state index in [1.165, 1.54) is 5.69 Å². The highest BCUT2D eigenvalue weighted by Gasteiger charge is 2.26. The van der Waals surface area contributed by atoms with Crippen molar-refractivity contribution in [2.75, 3.05) is 28.6 Å². The van der Waals surface area contributed by atoms with Gasteiger partial charge in [-0.3, -0.25) is 9.97 Å². The summed E-state index contributed by atoms with van der Waals surface area (Å²) in [5.41, 5.74) is 10.5. The molecular weight excluding hydrogens is 546 g/mol. The minimum atomic E-state index is 0.165. The number of nitrogens with zero attached hydrogens (tertiary/aromatic N) is 4. The van der Waals surface area contributed by atoms with Crippen molar-refractivity contribution in [3.8, 4) is 11.4 Å². The quantitative estimate of drug-likeness (QED) is 0.189. The van der Waals surface area contributed by atoms with E-state index < -0.39 is 0 Å². The zero-order valence-electron chi connectivity index (χ0n) is 25.9. The van der Waals surface area contributed by atoms with Crippen LogP contribution in [-0.4, -0.2) is 51.3 Å². The van der Waals surface area contributed by atoms with E-state index >= 15 is 0 Å². The molecule has 4 atom stereocenters. The molecule has 1 fully saturated rings. The molecule has 3 aromatic heterocycles. The van der Waals surface area contributed by atoms with Gasteiger partial charge < -0.3 is 25.3 Å². The van der Waals surface area contributed by atoms with Gasteiger partial charge in [0.15, 0.2) is 0 Å². The van der Waals surface area contributed by atoms with Gasteiger partial charge in [-0.05, 0) is 94.4 Å². The summed E-state index contributed by atoms with van der Waals surface area (Å²) in [5.74, 6) is 1.12. The fourth-order valence-corrected chi connectivity index (χ4v) is 6.45. The van der Waals surface area contributed by atoms with Crippen LogP contribution in [0.1, 0.15) is 49.5 Å². The van der Waals surface area contributed by atoms with Crippen molar-refractivity contribution in [3.63, 3.8) is 0 Å². The van der Waals surface area contributed by atoms with E-state index in [1.807, 2.05) is 26.1 Å². The summed E-state index contributed by atoms with van der Waals surface area (Å²) in [6.07, 6.45) is 6.56. The molecule has 2 aliphatic rings. The van der Waals surface area contributed by atoms with Crippen LogP contribution in [0.5, 0.6) is 0 Å². The fourth-order valence-electron chi connectivity index (χ4n) is 6.45. The molecular formula is C36H39N7O. The number of anilines is 4. The molecule has 8 nitrogen and oxygen atoms in total. The summed E-state index contributed by atoms with van der Waals surface area (Å²) < 4.78 is 5.96. The Labute approximate surface area is 258 Å². The molecule has 7 rings (SSSR count). The van der Waals surface area contributed by atoms with Gasteiger partial charge in [0.25, 0.3) is 0 Å². The molecule has 1 aliphatic carbocycles. The van der Waals surface area contributed by atoms with Crippen LogP contribution in [0.3, 0.4) is 0 Å². The zero-order chi connectivity index (χ0) is 30.4. The normalized spacial score (nSPS) is 21.3. The molecule has 5 aromatic rings. The second-order valence-corrected chi connectivity index (χ2v) is 12.3. The maximum absolute atomic E-state index is 5.96.